The van der Waals surface area contributed by atoms with Crippen LogP contribution in [0.1, 0.15) is 22.3 Å². The summed E-state index contributed by atoms with van der Waals surface area (Å²) in [6.07, 6.45) is 13.7. The average molecular weight is 1580 g/mol. The van der Waals surface area contributed by atoms with E-state index in [9.17, 15) is 25.2 Å². The minimum atomic E-state index is -10.7. The molecule has 8 aromatic heterocycles. The van der Waals surface area contributed by atoms with Crippen molar-refractivity contribution in [2.75, 3.05) is 0 Å². The zero-order valence-corrected chi connectivity index (χ0v) is 52.7. The van der Waals surface area contributed by atoms with Crippen LogP contribution in [-0.4, -0.2) is 60.3 Å². The molecule has 0 bridgehead atoms. The summed E-state index contributed by atoms with van der Waals surface area (Å²) < 4.78 is 59.2. The van der Waals surface area contributed by atoms with Gasteiger partial charge in [0.25, 0.3) is 0 Å². The molecule has 4 aromatic carbocycles. The molecule has 0 fully saturated rings. The second-order valence-electron chi connectivity index (χ2n) is 17.8. The molecule has 0 saturated carbocycles. The Balaban J connectivity index is 0.000000223. The first kappa shape index (κ1) is 72.7. The Morgan fingerprint density at radius 2 is 0.461 bits per heavy atom. The molecule has 1 radical (unpaired) electrons. The topological polar surface area (TPSA) is 184 Å². The van der Waals surface area contributed by atoms with Crippen molar-refractivity contribution < 1.29 is 85.8 Å². The molecule has 12 nitrogen and oxygen atoms in total. The summed E-state index contributed by atoms with van der Waals surface area (Å²) >= 11 is 0. The molecule has 0 amide bonds. The van der Waals surface area contributed by atoms with E-state index in [-0.39, 0.29) is 66.6 Å². The molecule has 459 valence electrons. The fourth-order valence-electron chi connectivity index (χ4n) is 7.15. The normalized spacial score (nSPS) is 10.8. The quantitative estimate of drug-likeness (QED) is 0.0578. The van der Waals surface area contributed by atoms with Gasteiger partial charge in [0.1, 0.15) is 0 Å². The summed E-state index contributed by atoms with van der Waals surface area (Å²) in [6, 6.07) is 81.4. The van der Waals surface area contributed by atoms with Crippen LogP contribution in [0.2, 0.25) is 0 Å². The van der Waals surface area contributed by atoms with Crippen molar-refractivity contribution in [2.45, 2.75) is 26.4 Å². The number of benzene rings is 4. The van der Waals surface area contributed by atoms with Crippen LogP contribution in [0.25, 0.3) is 67.8 Å². The summed E-state index contributed by atoms with van der Waals surface area (Å²) in [4.78, 5) is 33.6. The first-order valence-electron chi connectivity index (χ1n) is 26.3. The van der Waals surface area contributed by atoms with Crippen LogP contribution in [0.15, 0.2) is 268 Å². The molecule has 0 saturated heterocycles. The minimum absolute atomic E-state index is 0. The molecule has 0 aliphatic rings. The summed E-state index contributed by atoms with van der Waals surface area (Å²) in [5, 5.41) is 36.1. The summed E-state index contributed by atoms with van der Waals surface area (Å²) in [6.45, 7) is -0.0746. The van der Waals surface area contributed by atoms with E-state index in [0.717, 1.165) is 67.3 Å². The minimum Gasteiger partial charge on any atom is -0.392 e. The number of rotatable bonds is 10. The Labute approximate surface area is 538 Å². The molecule has 89 heavy (non-hydrogen) atoms. The number of pyridine rings is 8. The van der Waals surface area contributed by atoms with Gasteiger partial charge < -0.3 is 40.4 Å². The van der Waals surface area contributed by atoms with E-state index in [0.29, 0.717) is 22.8 Å². The molecule has 0 aliphatic carbocycles. The van der Waals surface area contributed by atoms with Crippen molar-refractivity contribution in [1.82, 2.24) is 39.9 Å². The molecule has 12 aromatic rings. The van der Waals surface area contributed by atoms with Crippen molar-refractivity contribution in [3.8, 4) is 67.8 Å². The van der Waals surface area contributed by atoms with E-state index in [4.69, 9.17) is 20.4 Å². The predicted molar refractivity (Wildman–Crippen MR) is 326 cm³/mol. The van der Waals surface area contributed by atoms with Crippen molar-refractivity contribution in [2.24, 2.45) is 0 Å². The van der Waals surface area contributed by atoms with Gasteiger partial charge in [-0.15, -0.1) is 144 Å². The van der Waals surface area contributed by atoms with Gasteiger partial charge in [0.15, 0.2) is 0 Å². The van der Waals surface area contributed by atoms with Gasteiger partial charge in [0, 0.05) is 69.7 Å². The maximum Gasteiger partial charge on any atom is 3.00 e. The van der Waals surface area contributed by atoms with Gasteiger partial charge >= 0.3 is 53.1 Å². The molecule has 21 heteroatoms. The number of halogens is 6. The number of hydrogen-bond donors (Lipinski definition) is 4. The van der Waals surface area contributed by atoms with Gasteiger partial charge in [-0.3, -0.25) is 19.9 Å². The zero-order valence-electron chi connectivity index (χ0n) is 47.0. The second-order valence-corrected chi connectivity index (χ2v) is 19.7. The van der Waals surface area contributed by atoms with Crippen LogP contribution >= 0.6 is 7.81 Å². The van der Waals surface area contributed by atoms with Crippen LogP contribution in [0.4, 0.5) is 25.2 Å². The van der Waals surface area contributed by atoms with Gasteiger partial charge in [-0.05, 0) is 118 Å². The van der Waals surface area contributed by atoms with E-state index in [2.05, 4.69) is 64.1 Å². The number of aromatic nitrogens is 8. The summed E-state index contributed by atoms with van der Waals surface area (Å²) in [7, 11) is -10.7. The molecule has 4 N–H and O–H groups in total. The molecule has 0 spiro atoms. The van der Waals surface area contributed by atoms with Gasteiger partial charge in [-0.25, -0.2) is 0 Å². The maximum atomic E-state index is 9.87. The molecule has 0 aliphatic heterocycles. The molecule has 0 atom stereocenters. The molecule has 12 rings (SSSR count). The fourth-order valence-corrected chi connectivity index (χ4v) is 7.15. The van der Waals surface area contributed by atoms with Crippen LogP contribution < -0.4 is 0 Å². The average Bonchev–Trinajstić information content (AvgIpc) is 1.94. The predicted octanol–water partition coefficient (Wildman–Crippen LogP) is 15.8. The molecular formula is C68H56F6Ir2N8O4P-2. The third-order valence-corrected chi connectivity index (χ3v) is 11.2. The first-order chi connectivity index (χ1) is 42.0. The van der Waals surface area contributed by atoms with Crippen LogP contribution in [0.3, 0.4) is 0 Å². The largest absolute Gasteiger partial charge is 3.00 e. The third-order valence-electron chi connectivity index (χ3n) is 11.2. The first-order valence-corrected chi connectivity index (χ1v) is 28.3. The Bertz CT molecular complexity index is 3220. The zero-order chi connectivity index (χ0) is 62.1. The number of aliphatic hydroxyl groups is 4. The van der Waals surface area contributed by atoms with Crippen molar-refractivity contribution >= 4 is 7.81 Å². The second kappa shape index (κ2) is 37.2. The van der Waals surface area contributed by atoms with Crippen molar-refractivity contribution in [3.05, 3.63) is 314 Å². The van der Waals surface area contributed by atoms with Crippen LogP contribution in [0.5, 0.6) is 0 Å². The van der Waals surface area contributed by atoms with Crippen molar-refractivity contribution in [3.63, 3.8) is 0 Å². The smallest absolute Gasteiger partial charge is 0.392 e. The van der Waals surface area contributed by atoms with E-state index < -0.39 is 7.81 Å². The number of aliphatic hydroxyl groups excluding tert-OH is 4. The Morgan fingerprint density at radius 3 is 0.618 bits per heavy atom. The van der Waals surface area contributed by atoms with Gasteiger partial charge in [0.2, 0.25) is 0 Å². The van der Waals surface area contributed by atoms with Crippen LogP contribution in [0, 0.1) is 24.3 Å². The van der Waals surface area contributed by atoms with Crippen LogP contribution in [-0.2, 0) is 66.6 Å². The third kappa shape index (κ3) is 29.2. The maximum absolute atomic E-state index is 10.7. The molecule has 8 heterocycles. The summed E-state index contributed by atoms with van der Waals surface area (Å²) in [5.41, 5.74) is 14.0. The van der Waals surface area contributed by atoms with E-state index in [1.807, 2.05) is 170 Å². The molecular weight excluding hydrogens is 1520 g/mol. The monoisotopic (exact) mass is 1580 g/mol. The van der Waals surface area contributed by atoms with E-state index >= 15 is 0 Å². The Hall–Kier alpha value is -8.77. The fraction of sp³-hybridized carbons (Fsp3) is 0.0588. The van der Waals surface area contributed by atoms with Gasteiger partial charge in [-0.2, -0.15) is 0 Å². The number of nitrogens with zero attached hydrogens (tertiary/aromatic N) is 8. The van der Waals surface area contributed by atoms with Gasteiger partial charge in [-0.1, -0.05) is 48.5 Å². The Morgan fingerprint density at radius 1 is 0.270 bits per heavy atom. The van der Waals surface area contributed by atoms with Gasteiger partial charge in [0.05, 0.1) is 49.2 Å². The molecule has 0 unspecified atom stereocenters. The summed E-state index contributed by atoms with van der Waals surface area (Å²) in [5.74, 6) is 0. The van der Waals surface area contributed by atoms with Crippen molar-refractivity contribution in [1.29, 1.82) is 0 Å². The van der Waals surface area contributed by atoms with E-state index in [1.165, 1.54) is 0 Å². The Kier molecular flexibility index (Phi) is 30.4. The SMILES string of the molecule is F[P-](F)(F)(F)(F)F.OCc1ccnc(-c2cc(CO)ccn2)c1.OCc1ccnc(-c2cc(CO)ccn2)c1.[Ir+3].[Ir].[c-]1ccccc1-c1ccccn1.[c-]1ccccc1-c1ccccn1.[c-]1ccccc1-c1ccccn1.[c-]1ccccc1-c1ccccn1. The standard InChI is InChI=1S/2C12H12N2O2.4C11H8N.F6P.2Ir/c2*15-7-9-1-3-13-11(5-9)12-6-10(8-16)2-4-14-12;4*1-2-6-10(7-3-1)11-8-4-5-9-12-11;1-7(2,3,4,5)6;;/h2*1-6,15-16H,7-8H2;4*1-6,8-9H;;;/q;;5*-1;;+3. The number of hydrogen-bond acceptors (Lipinski definition) is 12. The van der Waals surface area contributed by atoms with E-state index in [1.54, 1.807) is 98.1 Å².